The molecule has 0 fully saturated rings. The number of rotatable bonds is 11. The van der Waals surface area contributed by atoms with Gasteiger partial charge in [0, 0.05) is 49.9 Å². The van der Waals surface area contributed by atoms with Gasteiger partial charge in [0.2, 0.25) is 0 Å². The molecule has 1 aromatic carbocycles. The second-order valence-electron chi connectivity index (χ2n) is 4.32. The maximum atomic E-state index is 5.82. The molecule has 1 aromatic rings. The lowest BCUT2D eigenvalue weighted by Gasteiger charge is -2.13. The highest BCUT2D eigenvalue weighted by Crippen LogP contribution is 2.23. The molecule has 20 heavy (non-hydrogen) atoms. The molecule has 1 N–H and O–H groups in total. The zero-order chi connectivity index (χ0) is 14.6. The smallest absolute Gasteiger partial charge is 0.123 e. The van der Waals surface area contributed by atoms with Crippen molar-refractivity contribution in [2.45, 2.75) is 19.9 Å². The molecule has 0 amide bonds. The number of hydrogen-bond donors (Lipinski definition) is 1. The molecule has 0 heterocycles. The summed E-state index contributed by atoms with van der Waals surface area (Å²) in [7, 11) is 1.70. The number of halogens is 1. The summed E-state index contributed by atoms with van der Waals surface area (Å²) in [4.78, 5) is 0. The first-order valence-corrected chi connectivity index (χ1v) is 7.75. The fourth-order valence-corrected chi connectivity index (χ4v) is 2.12. The van der Waals surface area contributed by atoms with Crippen LogP contribution in [0.15, 0.2) is 22.7 Å². The molecular weight excluding hydrogens is 322 g/mol. The summed E-state index contributed by atoms with van der Waals surface area (Å²) in [5.74, 6) is 0.926. The van der Waals surface area contributed by atoms with Crippen LogP contribution in [0.4, 0.5) is 0 Å². The molecule has 0 aliphatic rings. The summed E-state index contributed by atoms with van der Waals surface area (Å²) in [6.45, 7) is 6.47. The number of hydrogen-bond acceptors (Lipinski definition) is 4. The third-order valence-corrected chi connectivity index (χ3v) is 3.21. The molecule has 0 saturated carbocycles. The fraction of sp³-hybridized carbons (Fsp3) is 0.600. The summed E-state index contributed by atoms with van der Waals surface area (Å²) in [6.07, 6.45) is 0.903. The minimum absolute atomic E-state index is 0.673. The van der Waals surface area contributed by atoms with E-state index in [9.17, 15) is 0 Å². The number of ether oxygens (including phenoxy) is 3. The Bertz CT molecular complexity index is 374. The molecule has 0 aliphatic carbocycles. The monoisotopic (exact) mass is 345 g/mol. The van der Waals surface area contributed by atoms with Crippen molar-refractivity contribution in [3.63, 3.8) is 0 Å². The average molecular weight is 346 g/mol. The molecule has 0 aromatic heterocycles. The van der Waals surface area contributed by atoms with Gasteiger partial charge in [-0.1, -0.05) is 15.9 Å². The lowest BCUT2D eigenvalue weighted by atomic mass is 10.2. The van der Waals surface area contributed by atoms with Crippen molar-refractivity contribution in [2.75, 3.05) is 40.1 Å². The van der Waals surface area contributed by atoms with Crippen molar-refractivity contribution in [1.82, 2.24) is 5.32 Å². The van der Waals surface area contributed by atoms with E-state index in [0.29, 0.717) is 13.2 Å². The quantitative estimate of drug-likeness (QED) is 0.626. The van der Waals surface area contributed by atoms with Gasteiger partial charge in [-0.3, -0.25) is 0 Å². The van der Waals surface area contributed by atoms with E-state index < -0.39 is 0 Å². The van der Waals surface area contributed by atoms with E-state index >= 15 is 0 Å². The molecule has 0 saturated heterocycles. The predicted octanol–water partition coefficient (Wildman–Crippen LogP) is 2.99. The van der Waals surface area contributed by atoms with Gasteiger partial charge in [0.05, 0.1) is 13.2 Å². The van der Waals surface area contributed by atoms with E-state index in [4.69, 9.17) is 14.2 Å². The first-order chi connectivity index (χ1) is 9.77. The van der Waals surface area contributed by atoms with Gasteiger partial charge in [-0.2, -0.15) is 0 Å². The molecule has 5 heteroatoms. The van der Waals surface area contributed by atoms with E-state index in [1.165, 1.54) is 0 Å². The van der Waals surface area contributed by atoms with Crippen molar-refractivity contribution >= 4 is 15.9 Å². The van der Waals surface area contributed by atoms with Gasteiger partial charge in [0.15, 0.2) is 0 Å². The molecule has 0 bridgehead atoms. The maximum absolute atomic E-state index is 5.82. The minimum Gasteiger partial charge on any atom is -0.493 e. The van der Waals surface area contributed by atoms with E-state index in [1.807, 2.05) is 19.1 Å². The lowest BCUT2D eigenvalue weighted by molar-refractivity contribution is 0.130. The van der Waals surface area contributed by atoms with Crippen LogP contribution in [0.5, 0.6) is 5.75 Å². The molecule has 4 nitrogen and oxygen atoms in total. The Labute approximate surface area is 129 Å². The highest BCUT2D eigenvalue weighted by molar-refractivity contribution is 9.10. The topological polar surface area (TPSA) is 39.7 Å². The van der Waals surface area contributed by atoms with E-state index in [0.717, 1.165) is 48.5 Å². The molecular formula is C15H24BrNO3. The van der Waals surface area contributed by atoms with Crippen LogP contribution < -0.4 is 10.1 Å². The standard InChI is InChI=1S/C15H24BrNO3/c1-3-19-8-4-9-20-15-6-5-14(16)11-13(15)12-17-7-10-18-2/h5-6,11,17H,3-4,7-10,12H2,1-2H3. The molecule has 114 valence electrons. The summed E-state index contributed by atoms with van der Waals surface area (Å²) < 4.78 is 17.2. The normalized spacial score (nSPS) is 10.8. The third kappa shape index (κ3) is 7.24. The van der Waals surface area contributed by atoms with Crippen LogP contribution in [-0.4, -0.2) is 40.1 Å². The zero-order valence-electron chi connectivity index (χ0n) is 12.3. The highest BCUT2D eigenvalue weighted by atomic mass is 79.9. The molecule has 0 aliphatic heterocycles. The Morgan fingerprint density at radius 3 is 2.80 bits per heavy atom. The van der Waals surface area contributed by atoms with Gasteiger partial charge in [0.25, 0.3) is 0 Å². The first-order valence-electron chi connectivity index (χ1n) is 6.96. The van der Waals surface area contributed by atoms with Gasteiger partial charge < -0.3 is 19.5 Å². The minimum atomic E-state index is 0.673. The SMILES string of the molecule is CCOCCCOc1ccc(Br)cc1CNCCOC. The highest BCUT2D eigenvalue weighted by Gasteiger charge is 2.04. The van der Waals surface area contributed by atoms with E-state index in [2.05, 4.69) is 27.3 Å². The third-order valence-electron chi connectivity index (χ3n) is 2.72. The Balaban J connectivity index is 2.42. The average Bonchev–Trinajstić information content (AvgIpc) is 2.45. The Morgan fingerprint density at radius 2 is 2.05 bits per heavy atom. The van der Waals surface area contributed by atoms with Gasteiger partial charge in [-0.05, 0) is 25.1 Å². The van der Waals surface area contributed by atoms with Crippen LogP contribution in [0.1, 0.15) is 18.9 Å². The molecule has 0 unspecified atom stereocenters. The van der Waals surface area contributed by atoms with Gasteiger partial charge in [-0.15, -0.1) is 0 Å². The van der Waals surface area contributed by atoms with E-state index in [1.54, 1.807) is 7.11 Å². The second-order valence-corrected chi connectivity index (χ2v) is 5.24. The Kier molecular flexibility index (Phi) is 9.66. The van der Waals surface area contributed by atoms with Crippen LogP contribution in [-0.2, 0) is 16.0 Å². The molecule has 0 radical (unpaired) electrons. The van der Waals surface area contributed by atoms with Gasteiger partial charge in [0.1, 0.15) is 5.75 Å². The zero-order valence-corrected chi connectivity index (χ0v) is 13.9. The summed E-state index contributed by atoms with van der Waals surface area (Å²) in [5, 5.41) is 3.33. The van der Waals surface area contributed by atoms with Crippen LogP contribution in [0.25, 0.3) is 0 Å². The van der Waals surface area contributed by atoms with Crippen LogP contribution in [0.2, 0.25) is 0 Å². The molecule has 0 atom stereocenters. The second kappa shape index (κ2) is 11.1. The van der Waals surface area contributed by atoms with Crippen molar-refractivity contribution in [3.8, 4) is 5.75 Å². The van der Waals surface area contributed by atoms with Crippen LogP contribution in [0.3, 0.4) is 0 Å². The maximum Gasteiger partial charge on any atom is 0.123 e. The largest absolute Gasteiger partial charge is 0.493 e. The number of benzene rings is 1. The Morgan fingerprint density at radius 1 is 1.20 bits per heavy atom. The number of methoxy groups -OCH3 is 1. The van der Waals surface area contributed by atoms with E-state index in [-0.39, 0.29) is 0 Å². The van der Waals surface area contributed by atoms with Crippen molar-refractivity contribution in [1.29, 1.82) is 0 Å². The fourth-order valence-electron chi connectivity index (χ4n) is 1.71. The summed E-state index contributed by atoms with van der Waals surface area (Å²) in [6, 6.07) is 6.08. The van der Waals surface area contributed by atoms with Crippen molar-refractivity contribution in [2.24, 2.45) is 0 Å². The molecule has 1 rings (SSSR count). The van der Waals surface area contributed by atoms with Gasteiger partial charge in [-0.25, -0.2) is 0 Å². The van der Waals surface area contributed by atoms with Crippen LogP contribution >= 0.6 is 15.9 Å². The lowest BCUT2D eigenvalue weighted by Crippen LogP contribution is -2.19. The van der Waals surface area contributed by atoms with Crippen LogP contribution in [0, 0.1) is 0 Å². The Hall–Kier alpha value is -0.620. The van der Waals surface area contributed by atoms with Crippen molar-refractivity contribution < 1.29 is 14.2 Å². The number of nitrogens with one attached hydrogen (secondary N) is 1. The van der Waals surface area contributed by atoms with Crippen molar-refractivity contribution in [3.05, 3.63) is 28.2 Å². The first kappa shape index (κ1) is 17.4. The molecule has 0 spiro atoms. The van der Waals surface area contributed by atoms with Gasteiger partial charge >= 0.3 is 0 Å². The summed E-state index contributed by atoms with van der Waals surface area (Å²) >= 11 is 3.49. The predicted molar refractivity (Wildman–Crippen MR) is 84.3 cm³/mol. The summed E-state index contributed by atoms with van der Waals surface area (Å²) in [5.41, 5.74) is 1.15.